The van der Waals surface area contributed by atoms with Crippen molar-refractivity contribution < 1.29 is 14.7 Å². The average Bonchev–Trinajstić information content (AvgIpc) is 3.33. The molecular formula is C23H23N3O3S. The third-order valence-electron chi connectivity index (χ3n) is 5.26. The van der Waals surface area contributed by atoms with Gasteiger partial charge in [-0.15, -0.1) is 11.3 Å². The number of carbonyl (C=O) groups excluding carboxylic acids is 2. The first-order valence-corrected chi connectivity index (χ1v) is 10.8. The molecule has 0 bridgehead atoms. The lowest BCUT2D eigenvalue weighted by Gasteiger charge is -2.33. The molecule has 0 spiro atoms. The topological polar surface area (TPSA) is 82.5 Å². The molecule has 7 heteroatoms. The van der Waals surface area contributed by atoms with Gasteiger partial charge in [0.05, 0.1) is 22.6 Å². The largest absolute Gasteiger partial charge is 0.388 e. The fraction of sp³-hybridized carbons (Fsp3) is 0.261. The monoisotopic (exact) mass is 421 g/mol. The van der Waals surface area contributed by atoms with Crippen LogP contribution in [0.15, 0.2) is 66.2 Å². The predicted molar refractivity (Wildman–Crippen MR) is 115 cm³/mol. The molecule has 0 radical (unpaired) electrons. The van der Waals surface area contributed by atoms with Crippen molar-refractivity contribution in [2.45, 2.75) is 25.0 Å². The Balaban J connectivity index is 1.43. The Morgan fingerprint density at radius 3 is 2.77 bits per heavy atom. The Hall–Kier alpha value is -3.03. The molecule has 30 heavy (non-hydrogen) atoms. The molecule has 2 unspecified atom stereocenters. The van der Waals surface area contributed by atoms with Gasteiger partial charge >= 0.3 is 0 Å². The lowest BCUT2D eigenvalue weighted by Crippen LogP contribution is -2.44. The molecule has 0 saturated heterocycles. The van der Waals surface area contributed by atoms with Crippen LogP contribution in [0.1, 0.15) is 44.9 Å². The van der Waals surface area contributed by atoms with Crippen LogP contribution in [0, 0.1) is 0 Å². The molecule has 0 saturated carbocycles. The number of rotatable bonds is 6. The second-order valence-electron chi connectivity index (χ2n) is 7.27. The predicted octanol–water partition coefficient (Wildman–Crippen LogP) is 3.12. The number of benzene rings is 1. The Labute approximate surface area is 179 Å². The van der Waals surface area contributed by atoms with E-state index < -0.39 is 12.0 Å². The smallest absolute Gasteiger partial charge is 0.264 e. The number of fused-ring (bicyclic) bond motifs is 1. The number of hydrogen-bond acceptors (Lipinski definition) is 5. The van der Waals surface area contributed by atoms with Crippen molar-refractivity contribution in [2.75, 3.05) is 13.1 Å². The van der Waals surface area contributed by atoms with Crippen LogP contribution >= 0.6 is 11.3 Å². The van der Waals surface area contributed by atoms with E-state index in [-0.39, 0.29) is 18.4 Å². The first-order valence-electron chi connectivity index (χ1n) is 9.91. The Kier molecular flexibility index (Phi) is 6.21. The van der Waals surface area contributed by atoms with Gasteiger partial charge in [0.25, 0.3) is 5.91 Å². The van der Waals surface area contributed by atoms with Crippen LogP contribution in [0.4, 0.5) is 0 Å². The van der Waals surface area contributed by atoms with Crippen LogP contribution in [0.5, 0.6) is 0 Å². The summed E-state index contributed by atoms with van der Waals surface area (Å²) in [5, 5.41) is 15.1. The van der Waals surface area contributed by atoms with E-state index in [4.69, 9.17) is 0 Å². The zero-order valence-electron chi connectivity index (χ0n) is 16.4. The van der Waals surface area contributed by atoms with Gasteiger partial charge < -0.3 is 15.3 Å². The molecule has 1 aromatic carbocycles. The molecular weight excluding hydrogens is 398 g/mol. The van der Waals surface area contributed by atoms with Crippen LogP contribution < -0.4 is 5.32 Å². The second-order valence-corrected chi connectivity index (χ2v) is 8.22. The number of pyridine rings is 1. The Morgan fingerprint density at radius 1 is 1.17 bits per heavy atom. The summed E-state index contributed by atoms with van der Waals surface area (Å²) in [5.74, 6) is -0.788. The summed E-state index contributed by atoms with van der Waals surface area (Å²) in [4.78, 5) is 32.6. The molecule has 2 atom stereocenters. The van der Waals surface area contributed by atoms with Gasteiger partial charge in [-0.1, -0.05) is 42.5 Å². The SMILES string of the molecule is O=C(NCCC(O)c1ccccc1)C1CN(C(=O)c2cccs2)Cc2cccnc21. The molecule has 2 N–H and O–H groups in total. The van der Waals surface area contributed by atoms with Crippen LogP contribution in [-0.4, -0.2) is 39.9 Å². The molecule has 6 nitrogen and oxygen atoms in total. The summed E-state index contributed by atoms with van der Waals surface area (Å²) in [5.41, 5.74) is 2.43. The molecule has 3 heterocycles. The van der Waals surface area contributed by atoms with E-state index in [1.165, 1.54) is 11.3 Å². The standard InChI is InChI=1S/C23H23N3O3S/c27-19(16-6-2-1-3-7-16)10-12-25-22(28)18-15-26(23(29)20-9-5-13-30-20)14-17-8-4-11-24-21(17)18/h1-9,11,13,18-19,27H,10,12,14-15H2,(H,25,28). The van der Waals surface area contributed by atoms with Gasteiger partial charge in [0.2, 0.25) is 5.91 Å². The van der Waals surface area contributed by atoms with E-state index in [2.05, 4.69) is 10.3 Å². The van der Waals surface area contributed by atoms with Crippen LogP contribution in [0.2, 0.25) is 0 Å². The van der Waals surface area contributed by atoms with Crippen LogP contribution in [0.3, 0.4) is 0 Å². The fourth-order valence-corrected chi connectivity index (χ4v) is 4.38. The Morgan fingerprint density at radius 2 is 2.00 bits per heavy atom. The van der Waals surface area contributed by atoms with Gasteiger partial charge in [-0.05, 0) is 35.1 Å². The molecule has 2 aromatic heterocycles. The van der Waals surface area contributed by atoms with Crippen LogP contribution in [0.25, 0.3) is 0 Å². The first-order chi connectivity index (χ1) is 14.6. The van der Waals surface area contributed by atoms with Gasteiger partial charge in [0.1, 0.15) is 0 Å². The number of aromatic nitrogens is 1. The maximum atomic E-state index is 13.0. The summed E-state index contributed by atoms with van der Waals surface area (Å²) in [6.45, 7) is 1.07. The molecule has 0 aliphatic carbocycles. The number of aliphatic hydroxyl groups excluding tert-OH is 1. The fourth-order valence-electron chi connectivity index (χ4n) is 3.69. The van der Waals surface area contributed by atoms with Crippen molar-refractivity contribution >= 4 is 23.2 Å². The quantitative estimate of drug-likeness (QED) is 0.641. The molecule has 1 aliphatic rings. The van der Waals surface area contributed by atoms with E-state index in [9.17, 15) is 14.7 Å². The van der Waals surface area contributed by atoms with Crippen molar-refractivity contribution in [3.63, 3.8) is 0 Å². The minimum Gasteiger partial charge on any atom is -0.388 e. The normalized spacial score (nSPS) is 16.6. The van der Waals surface area contributed by atoms with Gasteiger partial charge in [-0.3, -0.25) is 14.6 Å². The van der Waals surface area contributed by atoms with Crippen molar-refractivity contribution in [1.82, 2.24) is 15.2 Å². The number of amides is 2. The number of nitrogens with zero attached hydrogens (tertiary/aromatic N) is 2. The van der Waals surface area contributed by atoms with Gasteiger partial charge in [-0.25, -0.2) is 0 Å². The van der Waals surface area contributed by atoms with E-state index in [0.29, 0.717) is 30.1 Å². The van der Waals surface area contributed by atoms with E-state index >= 15 is 0 Å². The molecule has 1 aliphatic heterocycles. The average molecular weight is 422 g/mol. The van der Waals surface area contributed by atoms with Crippen molar-refractivity contribution in [2.24, 2.45) is 0 Å². The van der Waals surface area contributed by atoms with E-state index in [1.54, 1.807) is 17.2 Å². The summed E-state index contributed by atoms with van der Waals surface area (Å²) in [7, 11) is 0. The van der Waals surface area contributed by atoms with Crippen LogP contribution in [-0.2, 0) is 11.3 Å². The van der Waals surface area contributed by atoms with Gasteiger partial charge in [-0.2, -0.15) is 0 Å². The number of thiophene rings is 1. The maximum Gasteiger partial charge on any atom is 0.264 e. The summed E-state index contributed by atoms with van der Waals surface area (Å²) in [6.07, 6.45) is 1.45. The summed E-state index contributed by atoms with van der Waals surface area (Å²) < 4.78 is 0. The maximum absolute atomic E-state index is 13.0. The lowest BCUT2D eigenvalue weighted by molar-refractivity contribution is -0.123. The summed E-state index contributed by atoms with van der Waals surface area (Å²) in [6, 6.07) is 16.8. The molecule has 4 rings (SSSR count). The highest BCUT2D eigenvalue weighted by molar-refractivity contribution is 7.12. The number of hydrogen-bond donors (Lipinski definition) is 2. The molecule has 0 fully saturated rings. The second kappa shape index (κ2) is 9.19. The van der Waals surface area contributed by atoms with Gasteiger partial charge in [0, 0.05) is 25.8 Å². The zero-order valence-corrected chi connectivity index (χ0v) is 17.2. The third-order valence-corrected chi connectivity index (χ3v) is 6.12. The minimum absolute atomic E-state index is 0.0724. The van der Waals surface area contributed by atoms with Crippen molar-refractivity contribution in [3.8, 4) is 0 Å². The number of carbonyl (C=O) groups is 2. The highest BCUT2D eigenvalue weighted by Crippen LogP contribution is 2.28. The highest BCUT2D eigenvalue weighted by Gasteiger charge is 2.34. The van der Waals surface area contributed by atoms with Crippen molar-refractivity contribution in [1.29, 1.82) is 0 Å². The highest BCUT2D eigenvalue weighted by atomic mass is 32.1. The third kappa shape index (κ3) is 4.42. The van der Waals surface area contributed by atoms with Gasteiger partial charge in [0.15, 0.2) is 0 Å². The zero-order chi connectivity index (χ0) is 20.9. The van der Waals surface area contributed by atoms with Crippen molar-refractivity contribution in [3.05, 3.63) is 87.9 Å². The number of aliphatic hydroxyl groups is 1. The summed E-state index contributed by atoms with van der Waals surface area (Å²) >= 11 is 1.40. The Bertz CT molecular complexity index is 1010. The molecule has 2 amide bonds. The lowest BCUT2D eigenvalue weighted by atomic mass is 9.93. The number of nitrogens with one attached hydrogen (secondary N) is 1. The molecule has 154 valence electrons. The molecule has 3 aromatic rings. The minimum atomic E-state index is -0.639. The van der Waals surface area contributed by atoms with E-state index in [1.807, 2.05) is 53.9 Å². The van der Waals surface area contributed by atoms with E-state index in [0.717, 1.165) is 11.1 Å². The first kappa shape index (κ1) is 20.3.